The van der Waals surface area contributed by atoms with Crippen LogP contribution in [0.2, 0.25) is 5.02 Å². The third-order valence-corrected chi connectivity index (χ3v) is 5.63. The van der Waals surface area contributed by atoms with Gasteiger partial charge < -0.3 is 5.32 Å². The Balaban J connectivity index is 1.69. The van der Waals surface area contributed by atoms with Gasteiger partial charge >= 0.3 is 0 Å². The number of benzene rings is 2. The van der Waals surface area contributed by atoms with Crippen molar-refractivity contribution in [3.05, 3.63) is 81.2 Å². The number of carbonyl (C=O) groups is 1. The lowest BCUT2D eigenvalue weighted by Crippen LogP contribution is -2.30. The molecule has 1 aliphatic rings. The van der Waals surface area contributed by atoms with Crippen LogP contribution in [-0.2, 0) is 17.3 Å². The highest BCUT2D eigenvalue weighted by Crippen LogP contribution is 2.49. The fourth-order valence-electron chi connectivity index (χ4n) is 3.49. The average Bonchev–Trinajstić information content (AvgIpc) is 3.45. The summed E-state index contributed by atoms with van der Waals surface area (Å²) in [7, 11) is 1.81. The molecule has 1 heterocycles. The molecule has 0 atom stereocenters. The zero-order chi connectivity index (χ0) is 19.2. The van der Waals surface area contributed by atoms with Gasteiger partial charge in [-0.3, -0.25) is 14.3 Å². The normalized spacial score (nSPS) is 14.8. The Morgan fingerprint density at radius 1 is 1.07 bits per heavy atom. The minimum Gasteiger partial charge on any atom is -0.319 e. The largest absolute Gasteiger partial charge is 0.319 e. The second kappa shape index (κ2) is 6.43. The maximum Gasteiger partial charge on any atom is 0.295 e. The Morgan fingerprint density at radius 3 is 2.30 bits per heavy atom. The van der Waals surface area contributed by atoms with Crippen LogP contribution in [-0.4, -0.2) is 15.3 Å². The van der Waals surface area contributed by atoms with Gasteiger partial charge in [-0.05, 0) is 49.6 Å². The molecule has 0 radical (unpaired) electrons. The van der Waals surface area contributed by atoms with Crippen LogP contribution in [0.3, 0.4) is 0 Å². The minimum atomic E-state index is -0.573. The number of amides is 1. The van der Waals surface area contributed by atoms with Gasteiger partial charge in [0.05, 0.1) is 16.8 Å². The molecule has 0 unspecified atom stereocenters. The maximum atomic E-state index is 13.0. The Morgan fingerprint density at radius 2 is 1.70 bits per heavy atom. The fraction of sp³-hybridized carbons (Fsp3) is 0.238. The van der Waals surface area contributed by atoms with Crippen molar-refractivity contribution in [3.63, 3.8) is 0 Å². The molecule has 27 heavy (non-hydrogen) atoms. The van der Waals surface area contributed by atoms with Crippen LogP contribution in [0.15, 0.2) is 59.4 Å². The molecule has 0 bridgehead atoms. The van der Waals surface area contributed by atoms with E-state index >= 15 is 0 Å². The van der Waals surface area contributed by atoms with Crippen molar-refractivity contribution in [1.29, 1.82) is 0 Å². The maximum absolute atomic E-state index is 13.0. The van der Waals surface area contributed by atoms with Gasteiger partial charge in [-0.1, -0.05) is 41.9 Å². The molecular formula is C21H20ClN3O2. The van der Waals surface area contributed by atoms with E-state index in [0.717, 1.165) is 24.1 Å². The topological polar surface area (TPSA) is 56.0 Å². The number of nitrogens with one attached hydrogen (secondary N) is 1. The number of hydrogen-bond acceptors (Lipinski definition) is 2. The second-order valence-electron chi connectivity index (χ2n) is 6.98. The highest BCUT2D eigenvalue weighted by Gasteiger charge is 2.51. The number of hydrogen-bond donors (Lipinski definition) is 1. The van der Waals surface area contributed by atoms with Crippen molar-refractivity contribution in [2.45, 2.75) is 25.2 Å². The van der Waals surface area contributed by atoms with E-state index in [-0.39, 0.29) is 11.5 Å². The van der Waals surface area contributed by atoms with E-state index < -0.39 is 5.41 Å². The van der Waals surface area contributed by atoms with E-state index in [0.29, 0.717) is 16.4 Å². The molecule has 4 rings (SSSR count). The van der Waals surface area contributed by atoms with Crippen molar-refractivity contribution in [2.24, 2.45) is 7.05 Å². The summed E-state index contributed by atoms with van der Waals surface area (Å²) < 4.78 is 3.32. The zero-order valence-corrected chi connectivity index (χ0v) is 16.0. The number of nitrogens with zero attached hydrogens (tertiary/aromatic N) is 2. The summed E-state index contributed by atoms with van der Waals surface area (Å²) in [6, 6.07) is 16.7. The summed E-state index contributed by atoms with van der Waals surface area (Å²) in [4.78, 5) is 26.0. The fourth-order valence-corrected chi connectivity index (χ4v) is 3.61. The summed E-state index contributed by atoms with van der Waals surface area (Å²) in [6.07, 6.45) is 1.53. The first-order chi connectivity index (χ1) is 12.9. The molecule has 0 spiro atoms. The molecule has 138 valence electrons. The predicted octanol–water partition coefficient (Wildman–Crippen LogP) is 3.81. The Kier molecular flexibility index (Phi) is 4.19. The molecule has 1 amide bonds. The van der Waals surface area contributed by atoms with E-state index in [2.05, 4.69) is 5.32 Å². The first kappa shape index (κ1) is 17.6. The smallest absolute Gasteiger partial charge is 0.295 e. The summed E-state index contributed by atoms with van der Waals surface area (Å²) in [5.41, 5.74) is 1.92. The number of carbonyl (C=O) groups excluding carboxylic acids is 1. The van der Waals surface area contributed by atoms with Crippen molar-refractivity contribution >= 4 is 23.2 Å². The van der Waals surface area contributed by atoms with Crippen LogP contribution >= 0.6 is 11.6 Å². The number of anilines is 1. The molecule has 2 aromatic carbocycles. The van der Waals surface area contributed by atoms with Gasteiger partial charge in [0.15, 0.2) is 0 Å². The zero-order valence-electron chi connectivity index (χ0n) is 15.2. The van der Waals surface area contributed by atoms with Gasteiger partial charge in [-0.2, -0.15) is 0 Å². The monoisotopic (exact) mass is 381 g/mol. The molecule has 1 saturated carbocycles. The summed E-state index contributed by atoms with van der Waals surface area (Å²) in [6.45, 7) is 1.83. The highest BCUT2D eigenvalue weighted by molar-refractivity contribution is 6.30. The number of rotatable bonds is 4. The Labute approximate surface area is 162 Å². The quantitative estimate of drug-likeness (QED) is 0.747. The van der Waals surface area contributed by atoms with Crippen molar-refractivity contribution in [1.82, 2.24) is 9.36 Å². The lowest BCUT2D eigenvalue weighted by Gasteiger charge is -2.15. The summed E-state index contributed by atoms with van der Waals surface area (Å²) in [5, 5.41) is 3.54. The standard InChI is InChI=1S/C21H20ClN3O2/c1-14-18(19(26)25(24(14)2)17-6-4-3-5-7-17)23-20(27)21(12-13-21)15-8-10-16(22)11-9-15/h3-11H,12-13H2,1-2H3,(H,23,27). The number of para-hydroxylation sites is 1. The number of aromatic nitrogens is 2. The SMILES string of the molecule is Cc1c(NC(=O)C2(c3ccc(Cl)cc3)CC2)c(=O)n(-c2ccccc2)n1C. The van der Waals surface area contributed by atoms with Crippen molar-refractivity contribution in [2.75, 3.05) is 5.32 Å². The van der Waals surface area contributed by atoms with Crippen LogP contribution in [0.4, 0.5) is 5.69 Å². The molecule has 0 aliphatic heterocycles. The van der Waals surface area contributed by atoms with Gasteiger partial charge in [0.1, 0.15) is 5.69 Å². The lowest BCUT2D eigenvalue weighted by molar-refractivity contribution is -0.118. The van der Waals surface area contributed by atoms with Crippen LogP contribution in [0.25, 0.3) is 5.69 Å². The third-order valence-electron chi connectivity index (χ3n) is 5.37. The molecule has 1 N–H and O–H groups in total. The third kappa shape index (κ3) is 2.88. The van der Waals surface area contributed by atoms with Gasteiger partial charge in [0.25, 0.3) is 5.56 Å². The molecule has 1 aromatic heterocycles. The van der Waals surface area contributed by atoms with Gasteiger partial charge in [0, 0.05) is 12.1 Å². The van der Waals surface area contributed by atoms with Gasteiger partial charge in [0.2, 0.25) is 5.91 Å². The van der Waals surface area contributed by atoms with Crippen LogP contribution in [0.5, 0.6) is 0 Å². The van der Waals surface area contributed by atoms with E-state index in [1.54, 1.807) is 21.5 Å². The molecular weight excluding hydrogens is 362 g/mol. The molecule has 6 heteroatoms. The van der Waals surface area contributed by atoms with Crippen LogP contribution in [0.1, 0.15) is 24.1 Å². The van der Waals surface area contributed by atoms with E-state index in [4.69, 9.17) is 11.6 Å². The van der Waals surface area contributed by atoms with Crippen LogP contribution < -0.4 is 10.9 Å². The molecule has 1 fully saturated rings. The highest BCUT2D eigenvalue weighted by atomic mass is 35.5. The van der Waals surface area contributed by atoms with E-state index in [1.165, 1.54) is 0 Å². The first-order valence-electron chi connectivity index (χ1n) is 8.85. The van der Waals surface area contributed by atoms with Gasteiger partial charge in [-0.25, -0.2) is 4.68 Å². The minimum absolute atomic E-state index is 0.143. The summed E-state index contributed by atoms with van der Waals surface area (Å²) in [5.74, 6) is -0.143. The second-order valence-corrected chi connectivity index (χ2v) is 7.42. The first-order valence-corrected chi connectivity index (χ1v) is 9.23. The molecule has 5 nitrogen and oxygen atoms in total. The van der Waals surface area contributed by atoms with Crippen molar-refractivity contribution < 1.29 is 4.79 Å². The average molecular weight is 382 g/mol. The Hall–Kier alpha value is -2.79. The van der Waals surface area contributed by atoms with Gasteiger partial charge in [-0.15, -0.1) is 0 Å². The predicted molar refractivity (Wildman–Crippen MR) is 107 cm³/mol. The van der Waals surface area contributed by atoms with Crippen molar-refractivity contribution in [3.8, 4) is 5.69 Å². The molecule has 3 aromatic rings. The molecule has 1 aliphatic carbocycles. The number of halogens is 1. The summed E-state index contributed by atoms with van der Waals surface area (Å²) >= 11 is 5.96. The lowest BCUT2D eigenvalue weighted by atomic mass is 9.95. The van der Waals surface area contributed by atoms with E-state index in [1.807, 2.05) is 56.4 Å². The Bertz CT molecular complexity index is 1060. The molecule has 0 saturated heterocycles. The van der Waals surface area contributed by atoms with E-state index in [9.17, 15) is 9.59 Å². The van der Waals surface area contributed by atoms with Crippen LogP contribution in [0, 0.1) is 6.92 Å².